The molecule has 3 rings (SSSR count). The molecule has 0 aromatic heterocycles. The Morgan fingerprint density at radius 2 is 1.32 bits per heavy atom. The minimum absolute atomic E-state index is 0.0194. The number of aliphatic hydroxyl groups is 1. The number of methoxy groups -OCH3 is 1. The number of carbonyl (C=O) groups is 4. The van der Waals surface area contributed by atoms with Crippen LogP contribution in [-0.4, -0.2) is 132 Å². The molecule has 16 nitrogen and oxygen atoms in total. The van der Waals surface area contributed by atoms with E-state index in [0.717, 1.165) is 33.4 Å². The number of cyclic esters (lactones) is 1. The largest absolute Gasteiger partial charge is 0.469 e. The fourth-order valence-corrected chi connectivity index (χ4v) is 5.97. The van der Waals surface area contributed by atoms with Crippen LogP contribution in [0.1, 0.15) is 59.1 Å². The second kappa shape index (κ2) is 31.7. The van der Waals surface area contributed by atoms with Gasteiger partial charge in [0, 0.05) is 0 Å². The van der Waals surface area contributed by atoms with Crippen LogP contribution in [0.25, 0.3) is 0 Å². The summed E-state index contributed by atoms with van der Waals surface area (Å²) in [6.07, 6.45) is -4.84. The van der Waals surface area contributed by atoms with Crippen LogP contribution in [0.15, 0.2) is 109 Å². The van der Waals surface area contributed by atoms with Gasteiger partial charge < -0.3 is 57.8 Å². The third kappa shape index (κ3) is 23.8. The lowest BCUT2D eigenvalue weighted by Crippen LogP contribution is -2.47. The smallest absolute Gasteiger partial charge is 0.408 e. The molecule has 0 unspecified atom stereocenters. The third-order valence-corrected chi connectivity index (χ3v) is 9.25. The van der Waals surface area contributed by atoms with E-state index in [1.54, 1.807) is 13.8 Å². The molecule has 2 N–H and O–H groups in total. The third-order valence-electron chi connectivity index (χ3n) is 9.25. The first kappa shape index (κ1) is 56.9. The highest BCUT2D eigenvalue weighted by Crippen LogP contribution is 2.19. The van der Waals surface area contributed by atoms with Crippen LogP contribution in [0.3, 0.4) is 0 Å². The number of benzene rings is 2. The number of carbonyl (C=O) groups excluding carboxylic acids is 4. The normalized spacial score (nSPS) is 19.0. The van der Waals surface area contributed by atoms with E-state index < -0.39 is 72.6 Å². The summed E-state index contributed by atoms with van der Waals surface area (Å²) < 4.78 is 55.8. The van der Waals surface area contributed by atoms with Crippen molar-refractivity contribution in [3.63, 3.8) is 0 Å². The van der Waals surface area contributed by atoms with Gasteiger partial charge >= 0.3 is 24.0 Å². The van der Waals surface area contributed by atoms with Crippen LogP contribution in [0.5, 0.6) is 0 Å². The van der Waals surface area contributed by atoms with Crippen molar-refractivity contribution >= 4 is 24.0 Å². The van der Waals surface area contributed by atoms with Gasteiger partial charge in [-0.15, -0.1) is 0 Å². The summed E-state index contributed by atoms with van der Waals surface area (Å²) in [5, 5.41) is 12.7. The molecule has 1 heterocycles. The molecule has 66 heavy (non-hydrogen) atoms. The first-order valence-electron chi connectivity index (χ1n) is 21.7. The van der Waals surface area contributed by atoms with E-state index in [1.807, 2.05) is 88.4 Å². The number of amides is 1. The SMILES string of the molecule is C=C(C)CO[C@@H]([C@H](C)O)[C@H](COC[C@H](CC(=O)OCc1ccccc1)C(=O)OC)OCC(=C)C.C=C(C)CO[C@H]1[C@H](C)OC(=O)[C@@H](NC(=O)OCc2ccccc2)COC[C@@H]1OCC(=C)C. The number of nitrogens with one attached hydrogen (secondary N) is 1. The van der Waals surface area contributed by atoms with Crippen LogP contribution in [0, 0.1) is 5.92 Å². The monoisotopic (exact) mass is 925 g/mol. The summed E-state index contributed by atoms with van der Waals surface area (Å²) in [4.78, 5) is 49.4. The Morgan fingerprint density at radius 3 is 1.86 bits per heavy atom. The Hall–Kier alpha value is -5.20. The van der Waals surface area contributed by atoms with Crippen LogP contribution >= 0.6 is 0 Å². The topological polar surface area (TPSA) is 193 Å². The Balaban J connectivity index is 0.000000454. The zero-order valence-electron chi connectivity index (χ0n) is 39.7. The van der Waals surface area contributed by atoms with E-state index in [4.69, 9.17) is 47.4 Å². The van der Waals surface area contributed by atoms with E-state index >= 15 is 0 Å². The van der Waals surface area contributed by atoms with Gasteiger partial charge in [0.2, 0.25) is 0 Å². The van der Waals surface area contributed by atoms with Gasteiger partial charge in [-0.2, -0.15) is 0 Å². The van der Waals surface area contributed by atoms with Gasteiger partial charge in [-0.05, 0) is 52.7 Å². The highest BCUT2D eigenvalue weighted by atomic mass is 16.6. The fraction of sp³-hybridized carbons (Fsp3) is 0.520. The maximum absolute atomic E-state index is 12.7. The zero-order valence-corrected chi connectivity index (χ0v) is 39.7. The molecular weight excluding hydrogens is 855 g/mol. The van der Waals surface area contributed by atoms with Gasteiger partial charge in [0.15, 0.2) is 6.04 Å². The Labute approximate surface area is 390 Å². The highest BCUT2D eigenvalue weighted by molar-refractivity contribution is 5.82. The molecule has 1 fully saturated rings. The summed E-state index contributed by atoms with van der Waals surface area (Å²) in [6, 6.07) is 17.5. The van der Waals surface area contributed by atoms with E-state index in [0.29, 0.717) is 6.61 Å². The molecule has 366 valence electrons. The fourth-order valence-electron chi connectivity index (χ4n) is 5.97. The van der Waals surface area contributed by atoms with Crippen LogP contribution < -0.4 is 5.32 Å². The minimum Gasteiger partial charge on any atom is -0.469 e. The molecule has 2 aromatic rings. The molecule has 0 spiro atoms. The summed E-state index contributed by atoms with van der Waals surface area (Å²) in [7, 11) is 1.25. The van der Waals surface area contributed by atoms with Gasteiger partial charge in [0.05, 0.1) is 78.4 Å². The lowest BCUT2D eigenvalue weighted by Gasteiger charge is -2.30. The number of ether oxygens (including phenoxy) is 10. The van der Waals surface area contributed by atoms with Gasteiger partial charge in [-0.1, -0.05) is 109 Å². The van der Waals surface area contributed by atoms with Crippen molar-refractivity contribution in [3.8, 4) is 0 Å². The van der Waals surface area contributed by atoms with Gasteiger partial charge in [-0.25, -0.2) is 9.59 Å². The van der Waals surface area contributed by atoms with Gasteiger partial charge in [0.1, 0.15) is 43.7 Å². The number of hydrogen-bond donors (Lipinski definition) is 2. The van der Waals surface area contributed by atoms with Gasteiger partial charge in [-0.3, -0.25) is 9.59 Å². The Morgan fingerprint density at radius 1 is 0.773 bits per heavy atom. The van der Waals surface area contributed by atoms with Crippen molar-refractivity contribution in [1.29, 1.82) is 0 Å². The van der Waals surface area contributed by atoms with Crippen molar-refractivity contribution in [2.45, 2.75) is 104 Å². The number of hydrogen-bond acceptors (Lipinski definition) is 15. The number of alkyl carbamates (subject to hydrolysis) is 1. The standard InChI is InChI=1S/C26H38O8.C24H33NO7/c1-18(2)13-32-23(25(20(5)27)34-14-19(3)4)17-31-16-22(26(29)30-6)12-24(28)33-15-21-10-8-7-9-11-21;1-16(2)11-29-21-15-28-14-20(23(26)32-18(5)22(21)30-12-17(3)4)25-24(27)31-13-19-9-7-6-8-10-19/h7-11,20,22-23,25,27H,1,3,12-17H2,2,4-6H3;6-10,18,20-22H,1,3,11-15H2,2,4-5H3,(H,25,27)/t20-,22-,23-,25-;18-,20-,21-,22-/m00/s1. The molecule has 16 heteroatoms. The zero-order chi connectivity index (χ0) is 49.0. The van der Waals surface area contributed by atoms with E-state index in [2.05, 4.69) is 31.6 Å². The quantitative estimate of drug-likeness (QED) is 0.0598. The molecule has 1 aliphatic rings. The highest BCUT2D eigenvalue weighted by Gasteiger charge is 2.36. The molecule has 0 saturated carbocycles. The number of rotatable bonds is 26. The average molecular weight is 926 g/mol. The summed E-state index contributed by atoms with van der Waals surface area (Å²) in [5.74, 6) is -2.61. The molecule has 1 aliphatic heterocycles. The van der Waals surface area contributed by atoms with E-state index in [-0.39, 0.29) is 65.9 Å². The van der Waals surface area contributed by atoms with Crippen molar-refractivity contribution in [3.05, 3.63) is 120 Å². The number of esters is 3. The molecule has 0 radical (unpaired) electrons. The van der Waals surface area contributed by atoms with Crippen molar-refractivity contribution in [2.75, 3.05) is 60.0 Å². The second-order valence-electron chi connectivity index (χ2n) is 16.4. The lowest BCUT2D eigenvalue weighted by molar-refractivity contribution is -0.165. The number of aliphatic hydroxyl groups excluding tert-OH is 1. The Kier molecular flexibility index (Phi) is 27.3. The summed E-state index contributed by atoms with van der Waals surface area (Å²) >= 11 is 0. The minimum atomic E-state index is -1.03. The van der Waals surface area contributed by atoms with Gasteiger partial charge in [0.25, 0.3) is 0 Å². The summed E-state index contributed by atoms with van der Waals surface area (Å²) in [5.41, 5.74) is 4.93. The summed E-state index contributed by atoms with van der Waals surface area (Å²) in [6.45, 7) is 27.2. The molecular formula is C50H71NO15. The van der Waals surface area contributed by atoms with E-state index in [9.17, 15) is 24.3 Å². The second-order valence-corrected chi connectivity index (χ2v) is 16.4. The molecule has 8 atom stereocenters. The maximum Gasteiger partial charge on any atom is 0.408 e. The lowest BCUT2D eigenvalue weighted by atomic mass is 10.1. The first-order valence-corrected chi connectivity index (χ1v) is 21.7. The van der Waals surface area contributed by atoms with Crippen LogP contribution in [0.2, 0.25) is 0 Å². The molecule has 1 saturated heterocycles. The average Bonchev–Trinajstić information content (AvgIpc) is 3.32. The molecule has 0 bridgehead atoms. The molecule has 1 amide bonds. The predicted octanol–water partition coefficient (Wildman–Crippen LogP) is 6.40. The van der Waals surface area contributed by atoms with Crippen molar-refractivity contribution in [2.24, 2.45) is 5.92 Å². The molecule has 0 aliphatic carbocycles. The van der Waals surface area contributed by atoms with Crippen molar-refractivity contribution in [1.82, 2.24) is 5.32 Å². The first-order chi connectivity index (χ1) is 31.4. The Bertz CT molecular complexity index is 1820. The molecule has 2 aromatic carbocycles. The van der Waals surface area contributed by atoms with E-state index in [1.165, 1.54) is 7.11 Å². The van der Waals surface area contributed by atoms with Crippen LogP contribution in [0.4, 0.5) is 4.79 Å². The maximum atomic E-state index is 12.7. The van der Waals surface area contributed by atoms with Crippen molar-refractivity contribution < 1.29 is 71.7 Å². The van der Waals surface area contributed by atoms with Crippen LogP contribution in [-0.2, 0) is 75.0 Å². The predicted molar refractivity (Wildman–Crippen MR) is 247 cm³/mol.